The van der Waals surface area contributed by atoms with Crippen LogP contribution in [0.3, 0.4) is 0 Å². The minimum absolute atomic E-state index is 0. The number of hydrogen-bond acceptors (Lipinski definition) is 4. The summed E-state index contributed by atoms with van der Waals surface area (Å²) < 4.78 is 5.21. The number of hydrogen-bond donors (Lipinski definition) is 2. The molecular weight excluding hydrogens is 509 g/mol. The summed E-state index contributed by atoms with van der Waals surface area (Å²) in [7, 11) is 1.76. The summed E-state index contributed by atoms with van der Waals surface area (Å²) in [4.78, 5) is 32.5. The third-order valence-corrected chi connectivity index (χ3v) is 5.01. The van der Waals surface area contributed by atoms with Gasteiger partial charge in [-0.05, 0) is 29.8 Å². The van der Waals surface area contributed by atoms with Crippen molar-refractivity contribution in [1.29, 1.82) is 0 Å². The summed E-state index contributed by atoms with van der Waals surface area (Å²) in [6, 6.07) is 11.2. The second-order valence-electron chi connectivity index (χ2n) is 7.50. The number of anilines is 1. The second kappa shape index (κ2) is 11.7. The first kappa shape index (κ1) is 24.7. The van der Waals surface area contributed by atoms with Gasteiger partial charge in [-0.1, -0.05) is 26.0 Å². The molecule has 8 nitrogen and oxygen atoms in total. The summed E-state index contributed by atoms with van der Waals surface area (Å²) in [6.07, 6.45) is 1.51. The maximum atomic E-state index is 12.4. The lowest BCUT2D eigenvalue weighted by Crippen LogP contribution is -2.53. The summed E-state index contributed by atoms with van der Waals surface area (Å²) in [6.45, 7) is 6.99. The lowest BCUT2D eigenvalue weighted by atomic mass is 10.1. The van der Waals surface area contributed by atoms with E-state index >= 15 is 0 Å². The largest absolute Gasteiger partial charge is 0.459 e. The van der Waals surface area contributed by atoms with Crippen molar-refractivity contribution < 1.29 is 14.0 Å². The van der Waals surface area contributed by atoms with E-state index in [9.17, 15) is 9.59 Å². The number of carbonyl (C=O) groups excluding carboxylic acids is 2. The quantitative estimate of drug-likeness (QED) is 0.347. The minimum atomic E-state index is -0.0766. The third-order valence-electron chi connectivity index (χ3n) is 5.01. The molecule has 1 fully saturated rings. The Kier molecular flexibility index (Phi) is 9.35. The van der Waals surface area contributed by atoms with Gasteiger partial charge in [0.25, 0.3) is 5.91 Å². The van der Waals surface area contributed by atoms with Crippen LogP contribution in [0.4, 0.5) is 5.69 Å². The van der Waals surface area contributed by atoms with Gasteiger partial charge >= 0.3 is 0 Å². The lowest BCUT2D eigenvalue weighted by Gasteiger charge is -2.36. The highest BCUT2D eigenvalue weighted by Crippen LogP contribution is 2.12. The topological polar surface area (TPSA) is 90.2 Å². The van der Waals surface area contributed by atoms with Gasteiger partial charge in [0.2, 0.25) is 5.91 Å². The van der Waals surface area contributed by atoms with Crippen LogP contribution in [-0.4, -0.2) is 60.8 Å². The van der Waals surface area contributed by atoms with E-state index in [1.807, 2.05) is 38.1 Å². The molecule has 0 aliphatic carbocycles. The average molecular weight is 539 g/mol. The molecular formula is C22H30IN5O3. The molecule has 2 amide bonds. The van der Waals surface area contributed by atoms with Crippen LogP contribution in [-0.2, 0) is 11.3 Å². The number of benzene rings is 1. The Morgan fingerprint density at radius 3 is 2.26 bits per heavy atom. The van der Waals surface area contributed by atoms with Crippen LogP contribution in [0.1, 0.15) is 30.0 Å². The highest BCUT2D eigenvalue weighted by atomic mass is 127. The number of guanidine groups is 1. The van der Waals surface area contributed by atoms with Gasteiger partial charge in [0.15, 0.2) is 11.7 Å². The highest BCUT2D eigenvalue weighted by molar-refractivity contribution is 14.0. The maximum Gasteiger partial charge on any atom is 0.289 e. The standard InChI is InChI=1S/C22H29N5O3.HI/c1-16(2)20(28)25-18-8-6-17(7-9-18)15-24-22(23-3)27-12-10-26(11-13-27)21(29)19-5-4-14-30-19;/h4-9,14,16H,10-13,15H2,1-3H3,(H,23,24)(H,25,28);1H. The normalized spacial score (nSPS) is 14.3. The van der Waals surface area contributed by atoms with Gasteiger partial charge in [-0.15, -0.1) is 24.0 Å². The van der Waals surface area contributed by atoms with E-state index in [-0.39, 0.29) is 41.7 Å². The number of aliphatic imine (C=N–C) groups is 1. The van der Waals surface area contributed by atoms with Crippen molar-refractivity contribution >= 4 is 47.4 Å². The van der Waals surface area contributed by atoms with Crippen LogP contribution in [0.5, 0.6) is 0 Å². The molecule has 1 aliphatic rings. The Hall–Kier alpha value is -2.56. The monoisotopic (exact) mass is 539 g/mol. The minimum Gasteiger partial charge on any atom is -0.459 e. The van der Waals surface area contributed by atoms with E-state index in [0.717, 1.165) is 17.2 Å². The van der Waals surface area contributed by atoms with Crippen LogP contribution >= 0.6 is 24.0 Å². The van der Waals surface area contributed by atoms with Crippen molar-refractivity contribution in [2.75, 3.05) is 38.5 Å². The highest BCUT2D eigenvalue weighted by Gasteiger charge is 2.25. The molecule has 0 saturated carbocycles. The van der Waals surface area contributed by atoms with Gasteiger partial charge in [0.05, 0.1) is 6.26 Å². The molecule has 1 aromatic heterocycles. The predicted molar refractivity (Wildman–Crippen MR) is 132 cm³/mol. The molecule has 1 aromatic carbocycles. The number of carbonyl (C=O) groups is 2. The molecule has 1 aliphatic heterocycles. The van der Waals surface area contributed by atoms with Crippen molar-refractivity contribution in [2.24, 2.45) is 10.9 Å². The first-order chi connectivity index (χ1) is 14.5. The number of nitrogens with one attached hydrogen (secondary N) is 2. The molecule has 2 N–H and O–H groups in total. The SMILES string of the molecule is CN=C(NCc1ccc(NC(=O)C(C)C)cc1)N1CCN(C(=O)c2ccco2)CC1.I. The van der Waals surface area contributed by atoms with Crippen LogP contribution < -0.4 is 10.6 Å². The number of halogens is 1. The summed E-state index contributed by atoms with van der Waals surface area (Å²) in [5.41, 5.74) is 1.88. The molecule has 1 saturated heterocycles. The van der Waals surface area contributed by atoms with Crippen LogP contribution in [0.25, 0.3) is 0 Å². The average Bonchev–Trinajstić information content (AvgIpc) is 3.30. The van der Waals surface area contributed by atoms with Gasteiger partial charge in [-0.25, -0.2) is 0 Å². The second-order valence-corrected chi connectivity index (χ2v) is 7.50. The fraction of sp³-hybridized carbons (Fsp3) is 0.409. The Labute approximate surface area is 200 Å². The van der Waals surface area contributed by atoms with Crippen molar-refractivity contribution in [3.8, 4) is 0 Å². The van der Waals surface area contributed by atoms with E-state index in [4.69, 9.17) is 4.42 Å². The summed E-state index contributed by atoms with van der Waals surface area (Å²) in [5.74, 6) is 1.05. The third kappa shape index (κ3) is 6.71. The lowest BCUT2D eigenvalue weighted by molar-refractivity contribution is -0.118. The summed E-state index contributed by atoms with van der Waals surface area (Å²) >= 11 is 0. The summed E-state index contributed by atoms with van der Waals surface area (Å²) in [5, 5.41) is 6.26. The maximum absolute atomic E-state index is 12.4. The molecule has 168 valence electrons. The van der Waals surface area contributed by atoms with E-state index in [2.05, 4.69) is 20.5 Å². The Balaban J connectivity index is 0.00000341. The zero-order valence-corrected chi connectivity index (χ0v) is 20.5. The van der Waals surface area contributed by atoms with E-state index in [1.54, 1.807) is 24.1 Å². The van der Waals surface area contributed by atoms with Gasteiger partial charge in [-0.2, -0.15) is 0 Å². The number of piperazine rings is 1. The molecule has 2 heterocycles. The van der Waals surface area contributed by atoms with E-state index in [1.165, 1.54) is 6.26 Å². The zero-order chi connectivity index (χ0) is 21.5. The Morgan fingerprint density at radius 1 is 1.06 bits per heavy atom. The molecule has 0 radical (unpaired) electrons. The smallest absolute Gasteiger partial charge is 0.289 e. The zero-order valence-electron chi connectivity index (χ0n) is 18.1. The predicted octanol–water partition coefficient (Wildman–Crippen LogP) is 3.03. The number of amides is 2. The van der Waals surface area contributed by atoms with Crippen LogP contribution in [0.15, 0.2) is 52.1 Å². The first-order valence-electron chi connectivity index (χ1n) is 10.2. The number of nitrogens with zero attached hydrogens (tertiary/aromatic N) is 3. The van der Waals surface area contributed by atoms with E-state index in [0.29, 0.717) is 38.5 Å². The Morgan fingerprint density at radius 2 is 1.71 bits per heavy atom. The fourth-order valence-electron chi connectivity index (χ4n) is 3.18. The van der Waals surface area contributed by atoms with Crippen molar-refractivity contribution in [3.05, 3.63) is 54.0 Å². The number of rotatable bonds is 5. The molecule has 0 unspecified atom stereocenters. The van der Waals surface area contributed by atoms with Gasteiger partial charge < -0.3 is 24.9 Å². The fourth-order valence-corrected chi connectivity index (χ4v) is 3.18. The molecule has 0 spiro atoms. The first-order valence-corrected chi connectivity index (χ1v) is 10.2. The van der Waals surface area contributed by atoms with Crippen LogP contribution in [0.2, 0.25) is 0 Å². The van der Waals surface area contributed by atoms with Gasteiger partial charge in [0, 0.05) is 51.4 Å². The Bertz CT molecular complexity index is 873. The molecule has 9 heteroatoms. The molecule has 2 aromatic rings. The van der Waals surface area contributed by atoms with Crippen molar-refractivity contribution in [2.45, 2.75) is 20.4 Å². The van der Waals surface area contributed by atoms with Crippen molar-refractivity contribution in [3.63, 3.8) is 0 Å². The number of furan rings is 1. The van der Waals surface area contributed by atoms with Crippen LogP contribution in [0, 0.1) is 5.92 Å². The molecule has 31 heavy (non-hydrogen) atoms. The van der Waals surface area contributed by atoms with Gasteiger partial charge in [0.1, 0.15) is 0 Å². The van der Waals surface area contributed by atoms with E-state index < -0.39 is 0 Å². The molecule has 0 bridgehead atoms. The van der Waals surface area contributed by atoms with Crippen molar-refractivity contribution in [1.82, 2.24) is 15.1 Å². The van der Waals surface area contributed by atoms with Gasteiger partial charge in [-0.3, -0.25) is 14.6 Å². The molecule has 3 rings (SSSR count). The molecule has 0 atom stereocenters.